The number of carbonyl (C=O) groups is 2. The monoisotopic (exact) mass is 510 g/mol. The summed E-state index contributed by atoms with van der Waals surface area (Å²) < 4.78 is 39.4. The molecule has 8 nitrogen and oxygen atoms in total. The number of piperidine rings is 3. The number of carbonyl (C=O) groups excluding carboxylic acids is 2. The zero-order chi connectivity index (χ0) is 24.8. The molecule has 6 rings (SSSR count). The van der Waals surface area contributed by atoms with E-state index in [4.69, 9.17) is 9.26 Å². The standard InChI is InChI=1S/C24H29F2N3O5S/c1-15-10-20(28-34-15)27-21(30)13-29-7-3-16(4-8-29)19(12-29)33-22(31)24(32,18-5-9-35-14-18)17-2-6-23(25,26)11-17/h5,9-10,14,16-17,19,32H,2-4,6-8,11-13H2,1H3/p+1/t16?,17?,19?,24-,29?/m1/s1. The topological polar surface area (TPSA) is 102 Å². The Morgan fingerprint density at radius 1 is 1.37 bits per heavy atom. The molecule has 1 aliphatic carbocycles. The van der Waals surface area contributed by atoms with E-state index >= 15 is 0 Å². The van der Waals surface area contributed by atoms with Crippen molar-refractivity contribution >= 4 is 29.0 Å². The van der Waals surface area contributed by atoms with E-state index in [2.05, 4.69) is 10.5 Å². The van der Waals surface area contributed by atoms with Crippen molar-refractivity contribution in [3.63, 3.8) is 0 Å². The molecule has 190 valence electrons. The highest BCUT2D eigenvalue weighted by Crippen LogP contribution is 2.49. The number of ether oxygens (including phenoxy) is 1. The Hall–Kier alpha value is -2.37. The van der Waals surface area contributed by atoms with E-state index in [1.165, 1.54) is 11.3 Å². The number of aromatic nitrogens is 1. The van der Waals surface area contributed by atoms with E-state index in [9.17, 15) is 23.5 Å². The minimum atomic E-state index is -2.91. The number of quaternary nitrogens is 1. The number of aryl methyl sites for hydroxylation is 1. The van der Waals surface area contributed by atoms with Crippen LogP contribution in [0.2, 0.25) is 0 Å². The number of thiophene rings is 1. The number of esters is 1. The summed E-state index contributed by atoms with van der Waals surface area (Å²) in [4.78, 5) is 26.2. The molecule has 4 fully saturated rings. The smallest absolute Gasteiger partial charge is 0.343 e. The fourth-order valence-electron chi connectivity index (χ4n) is 6.02. The van der Waals surface area contributed by atoms with E-state index in [-0.39, 0.29) is 31.2 Å². The summed E-state index contributed by atoms with van der Waals surface area (Å²) in [6, 6.07) is 3.24. The zero-order valence-corrected chi connectivity index (χ0v) is 20.4. The molecule has 2 aromatic rings. The summed E-state index contributed by atoms with van der Waals surface area (Å²) in [6.07, 6.45) is 0.219. The van der Waals surface area contributed by atoms with E-state index in [0.717, 1.165) is 25.9 Å². The Kier molecular flexibility index (Phi) is 6.21. The quantitative estimate of drug-likeness (QED) is 0.437. The molecule has 0 radical (unpaired) electrons. The molecule has 1 saturated carbocycles. The molecule has 11 heteroatoms. The highest BCUT2D eigenvalue weighted by Gasteiger charge is 2.56. The number of hydrogen-bond acceptors (Lipinski definition) is 7. The van der Waals surface area contributed by atoms with Gasteiger partial charge in [0, 0.05) is 49.1 Å². The Bertz CT molecular complexity index is 1080. The minimum Gasteiger partial charge on any atom is -0.454 e. The van der Waals surface area contributed by atoms with Gasteiger partial charge in [-0.05, 0) is 30.2 Å². The van der Waals surface area contributed by atoms with Crippen molar-refractivity contribution in [2.45, 2.75) is 56.7 Å². The number of hydrogen-bond donors (Lipinski definition) is 2. The molecule has 2 bridgehead atoms. The third-order valence-corrected chi connectivity index (χ3v) is 8.62. The lowest BCUT2D eigenvalue weighted by Gasteiger charge is -2.51. The van der Waals surface area contributed by atoms with E-state index < -0.39 is 35.9 Å². The molecule has 1 amide bonds. The molecular weight excluding hydrogens is 480 g/mol. The van der Waals surface area contributed by atoms with Crippen LogP contribution in [-0.4, -0.2) is 64.8 Å². The number of amides is 1. The normalized spacial score (nSPS) is 31.1. The maximum absolute atomic E-state index is 14.0. The van der Waals surface area contributed by atoms with Gasteiger partial charge in [0.25, 0.3) is 5.91 Å². The highest BCUT2D eigenvalue weighted by atomic mass is 32.1. The number of aliphatic hydroxyl groups is 1. The predicted octanol–water partition coefficient (Wildman–Crippen LogP) is 3.46. The third-order valence-electron chi connectivity index (χ3n) is 7.94. The number of alkyl halides is 2. The largest absolute Gasteiger partial charge is 0.454 e. The lowest BCUT2D eigenvalue weighted by atomic mass is 9.80. The second kappa shape index (κ2) is 8.94. The first-order chi connectivity index (χ1) is 16.6. The van der Waals surface area contributed by atoms with Crippen LogP contribution in [0.3, 0.4) is 0 Å². The van der Waals surface area contributed by atoms with Crippen LogP contribution in [0.15, 0.2) is 27.4 Å². The Balaban J connectivity index is 1.30. The van der Waals surface area contributed by atoms with Gasteiger partial charge in [0.05, 0.1) is 13.1 Å². The van der Waals surface area contributed by atoms with Crippen molar-refractivity contribution in [1.29, 1.82) is 0 Å². The van der Waals surface area contributed by atoms with Gasteiger partial charge in [0.1, 0.15) is 12.3 Å². The van der Waals surface area contributed by atoms with Crippen molar-refractivity contribution in [2.24, 2.45) is 11.8 Å². The first-order valence-corrected chi connectivity index (χ1v) is 13.0. The maximum atomic E-state index is 14.0. The fraction of sp³-hybridized carbons (Fsp3) is 0.625. The molecule has 2 unspecified atom stereocenters. The molecule has 3 atom stereocenters. The van der Waals surface area contributed by atoms with Crippen LogP contribution in [0.1, 0.15) is 43.4 Å². The number of nitrogens with zero attached hydrogens (tertiary/aromatic N) is 2. The highest BCUT2D eigenvalue weighted by molar-refractivity contribution is 7.08. The maximum Gasteiger partial charge on any atom is 0.343 e. The van der Waals surface area contributed by atoms with Crippen LogP contribution in [-0.2, 0) is 19.9 Å². The van der Waals surface area contributed by atoms with E-state index in [1.807, 2.05) is 0 Å². The van der Waals surface area contributed by atoms with Crippen LogP contribution < -0.4 is 5.32 Å². The first kappa shape index (κ1) is 24.3. The molecule has 4 aliphatic rings. The van der Waals surface area contributed by atoms with E-state index in [0.29, 0.717) is 28.2 Å². The second-order valence-corrected chi connectivity index (χ2v) is 11.1. The molecular formula is C24H30F2N3O5S+. The lowest BCUT2D eigenvalue weighted by Crippen LogP contribution is -2.66. The van der Waals surface area contributed by atoms with Gasteiger partial charge < -0.3 is 24.2 Å². The van der Waals surface area contributed by atoms with Crippen molar-refractivity contribution in [2.75, 3.05) is 31.5 Å². The van der Waals surface area contributed by atoms with Crippen molar-refractivity contribution in [3.05, 3.63) is 34.2 Å². The van der Waals surface area contributed by atoms with Gasteiger partial charge >= 0.3 is 5.97 Å². The predicted molar refractivity (Wildman–Crippen MR) is 123 cm³/mol. The van der Waals surface area contributed by atoms with Gasteiger partial charge in [-0.3, -0.25) is 4.79 Å². The lowest BCUT2D eigenvalue weighted by molar-refractivity contribution is -0.939. The van der Waals surface area contributed by atoms with Crippen molar-refractivity contribution < 1.29 is 37.2 Å². The molecule has 35 heavy (non-hydrogen) atoms. The van der Waals surface area contributed by atoms with Crippen molar-refractivity contribution in [3.8, 4) is 0 Å². The number of rotatable bonds is 7. The van der Waals surface area contributed by atoms with Crippen LogP contribution in [0, 0.1) is 18.8 Å². The first-order valence-electron chi connectivity index (χ1n) is 12.0. The number of nitrogens with one attached hydrogen (secondary N) is 1. The van der Waals surface area contributed by atoms with Gasteiger partial charge in [0.2, 0.25) is 5.92 Å². The summed E-state index contributed by atoms with van der Waals surface area (Å²) in [6.45, 7) is 3.96. The molecule has 0 aromatic carbocycles. The number of fused-ring (bicyclic) bond motifs is 3. The average Bonchev–Trinajstić information content (AvgIpc) is 3.55. The zero-order valence-electron chi connectivity index (χ0n) is 19.5. The molecule has 2 aromatic heterocycles. The second-order valence-electron chi connectivity index (χ2n) is 10.4. The van der Waals surface area contributed by atoms with E-state index in [1.54, 1.807) is 29.8 Å². The van der Waals surface area contributed by atoms with Gasteiger partial charge in [-0.2, -0.15) is 11.3 Å². The van der Waals surface area contributed by atoms with Gasteiger partial charge in [-0.25, -0.2) is 13.6 Å². The van der Waals surface area contributed by atoms with Crippen molar-refractivity contribution in [1.82, 2.24) is 5.16 Å². The van der Waals surface area contributed by atoms with Crippen LogP contribution in [0.25, 0.3) is 0 Å². The third kappa shape index (κ3) is 4.73. The van der Waals surface area contributed by atoms with Gasteiger partial charge in [0.15, 0.2) is 24.1 Å². The Morgan fingerprint density at radius 3 is 2.74 bits per heavy atom. The Morgan fingerprint density at radius 2 is 2.14 bits per heavy atom. The molecule has 0 spiro atoms. The summed E-state index contributed by atoms with van der Waals surface area (Å²) in [5, 5.41) is 21.4. The van der Waals surface area contributed by atoms with Gasteiger partial charge in [-0.1, -0.05) is 5.16 Å². The average molecular weight is 511 g/mol. The Labute approximate surface area is 205 Å². The summed E-state index contributed by atoms with van der Waals surface area (Å²) in [5.41, 5.74) is -1.80. The van der Waals surface area contributed by atoms with Crippen LogP contribution >= 0.6 is 11.3 Å². The van der Waals surface area contributed by atoms with Crippen LogP contribution in [0.4, 0.5) is 14.6 Å². The summed E-state index contributed by atoms with van der Waals surface area (Å²) in [7, 11) is 0. The van der Waals surface area contributed by atoms with Gasteiger partial charge in [-0.15, -0.1) is 0 Å². The molecule has 3 aliphatic heterocycles. The molecule has 3 saturated heterocycles. The number of halogens is 2. The number of anilines is 1. The SMILES string of the molecule is Cc1cc(NC(=O)C[N+]23CCC(CC2)C(OC(=O)[C@](O)(c2ccsc2)C2CCC(F)(F)C2)C3)no1. The minimum absolute atomic E-state index is 0.0459. The fourth-order valence-corrected chi connectivity index (χ4v) is 6.73. The summed E-state index contributed by atoms with van der Waals surface area (Å²) in [5.74, 6) is -3.82. The molecule has 2 N–H and O–H groups in total. The van der Waals surface area contributed by atoms with Crippen LogP contribution in [0.5, 0.6) is 0 Å². The summed E-state index contributed by atoms with van der Waals surface area (Å²) >= 11 is 1.29. The molecule has 5 heterocycles.